The van der Waals surface area contributed by atoms with Gasteiger partial charge in [0.05, 0.1) is 12.4 Å². The number of nitrogens with two attached hydrogens (primary N) is 1. The van der Waals surface area contributed by atoms with Gasteiger partial charge in [0, 0.05) is 19.4 Å². The summed E-state index contributed by atoms with van der Waals surface area (Å²) < 4.78 is 7.51. The summed E-state index contributed by atoms with van der Waals surface area (Å²) in [4.78, 5) is 25.3. The van der Waals surface area contributed by atoms with Gasteiger partial charge in [-0.1, -0.05) is 32.1 Å². The quantitative estimate of drug-likeness (QED) is 0.608. The second kappa shape index (κ2) is 9.84. The van der Waals surface area contributed by atoms with Crippen LogP contribution < -0.4 is 11.1 Å². The molecule has 0 spiro atoms. The highest BCUT2D eigenvalue weighted by Gasteiger charge is 2.40. The molecule has 32 heavy (non-hydrogen) atoms. The second-order valence-electron chi connectivity index (χ2n) is 8.77. The summed E-state index contributed by atoms with van der Waals surface area (Å²) >= 11 is 0. The van der Waals surface area contributed by atoms with Crippen molar-refractivity contribution in [2.24, 2.45) is 11.8 Å². The lowest BCUT2D eigenvalue weighted by Gasteiger charge is -2.26. The van der Waals surface area contributed by atoms with E-state index in [1.54, 1.807) is 10.9 Å². The molecule has 2 aliphatic rings. The number of aliphatic hydroxyl groups excluding tert-OH is 1. The van der Waals surface area contributed by atoms with Gasteiger partial charge in [0.25, 0.3) is 5.91 Å². The standard InChI is InChI=1S/C23H32N6O3/c1-3-14-8-10-15(11-9-14)6-5-7-17-27-21(24)19-22(28-17)29(13-26-19)18-12-16(30)20(32-18)23(31)25-4-2/h13-16,18,20,30H,3-4,6,8-12H2,1-2H3,(H,25,31)(H2,24,27,28)/t14?,15?,16-,18-,20+/m1/s1. The van der Waals surface area contributed by atoms with Crippen molar-refractivity contribution in [1.29, 1.82) is 0 Å². The number of amides is 1. The van der Waals surface area contributed by atoms with Crippen LogP contribution in [0.2, 0.25) is 0 Å². The van der Waals surface area contributed by atoms with Gasteiger partial charge in [0.15, 0.2) is 17.6 Å². The van der Waals surface area contributed by atoms with E-state index >= 15 is 0 Å². The number of aliphatic hydroxyl groups is 1. The Morgan fingerprint density at radius 1 is 1.28 bits per heavy atom. The monoisotopic (exact) mass is 440 g/mol. The molecule has 4 rings (SSSR count). The van der Waals surface area contributed by atoms with Crippen molar-refractivity contribution < 1.29 is 14.6 Å². The van der Waals surface area contributed by atoms with Gasteiger partial charge in [-0.05, 0) is 37.5 Å². The van der Waals surface area contributed by atoms with Gasteiger partial charge in [-0.2, -0.15) is 0 Å². The van der Waals surface area contributed by atoms with Crippen LogP contribution in [0.4, 0.5) is 5.82 Å². The average molecular weight is 441 g/mol. The van der Waals surface area contributed by atoms with Crippen LogP contribution in [0.5, 0.6) is 0 Å². The molecule has 3 atom stereocenters. The predicted octanol–water partition coefficient (Wildman–Crippen LogP) is 2.15. The molecular weight excluding hydrogens is 408 g/mol. The first kappa shape index (κ1) is 22.5. The Bertz CT molecular complexity index is 1020. The van der Waals surface area contributed by atoms with E-state index in [1.807, 2.05) is 6.92 Å². The van der Waals surface area contributed by atoms with Gasteiger partial charge in [-0.15, -0.1) is 0 Å². The second-order valence-corrected chi connectivity index (χ2v) is 8.77. The molecule has 0 bridgehead atoms. The number of nitrogens with one attached hydrogen (secondary N) is 1. The minimum absolute atomic E-state index is 0.249. The van der Waals surface area contributed by atoms with Crippen molar-refractivity contribution in [2.45, 2.75) is 77.2 Å². The van der Waals surface area contributed by atoms with Crippen LogP contribution in [0.15, 0.2) is 6.33 Å². The Balaban J connectivity index is 1.49. The zero-order valence-electron chi connectivity index (χ0n) is 18.8. The molecule has 0 radical (unpaired) electrons. The molecule has 9 nitrogen and oxygen atoms in total. The summed E-state index contributed by atoms with van der Waals surface area (Å²) in [6, 6.07) is 0. The molecule has 172 valence electrons. The van der Waals surface area contributed by atoms with Gasteiger partial charge >= 0.3 is 0 Å². The maximum atomic E-state index is 12.1. The zero-order valence-corrected chi connectivity index (χ0v) is 18.8. The Morgan fingerprint density at radius 2 is 2.03 bits per heavy atom. The number of likely N-dealkylation sites (N-methyl/N-ethyl adjacent to an activating group) is 1. The molecule has 1 aliphatic heterocycles. The largest absolute Gasteiger partial charge is 0.390 e. The first-order chi connectivity index (χ1) is 15.5. The number of carbonyl (C=O) groups excluding carboxylic acids is 1. The van der Waals surface area contributed by atoms with E-state index < -0.39 is 18.4 Å². The van der Waals surface area contributed by atoms with Gasteiger partial charge in [-0.3, -0.25) is 9.36 Å². The SMILES string of the molecule is CCNC(=O)[C@H]1O[C@@H](n2cnc3c(N)nc(C#CCC4CCC(CC)CC4)nc32)C[C@H]1O. The molecule has 0 aromatic carbocycles. The zero-order chi connectivity index (χ0) is 22.7. The number of hydrogen-bond donors (Lipinski definition) is 3. The van der Waals surface area contributed by atoms with Crippen molar-refractivity contribution in [3.8, 4) is 11.8 Å². The van der Waals surface area contributed by atoms with Gasteiger partial charge < -0.3 is 20.9 Å². The van der Waals surface area contributed by atoms with Crippen LogP contribution in [0.25, 0.3) is 11.2 Å². The molecule has 1 saturated heterocycles. The number of ether oxygens (including phenoxy) is 1. The number of imidazole rings is 1. The third-order valence-electron chi connectivity index (χ3n) is 6.60. The molecule has 2 aromatic heterocycles. The first-order valence-electron chi connectivity index (χ1n) is 11.6. The lowest BCUT2D eigenvalue weighted by atomic mass is 9.80. The van der Waals surface area contributed by atoms with Crippen LogP contribution >= 0.6 is 0 Å². The van der Waals surface area contributed by atoms with E-state index in [2.05, 4.69) is 39.0 Å². The van der Waals surface area contributed by atoms with E-state index in [9.17, 15) is 9.90 Å². The lowest BCUT2D eigenvalue weighted by Crippen LogP contribution is -2.40. The number of nitrogens with zero attached hydrogens (tertiary/aromatic N) is 4. The molecule has 1 amide bonds. The maximum absolute atomic E-state index is 12.1. The van der Waals surface area contributed by atoms with Crippen molar-refractivity contribution in [3.05, 3.63) is 12.2 Å². The molecule has 1 aliphatic carbocycles. The highest BCUT2D eigenvalue weighted by Crippen LogP contribution is 2.33. The van der Waals surface area contributed by atoms with E-state index in [0.29, 0.717) is 29.5 Å². The van der Waals surface area contributed by atoms with E-state index in [0.717, 1.165) is 12.3 Å². The van der Waals surface area contributed by atoms with E-state index in [-0.39, 0.29) is 18.1 Å². The number of hydrogen-bond acceptors (Lipinski definition) is 7. The fourth-order valence-corrected chi connectivity index (χ4v) is 4.66. The molecule has 0 unspecified atom stereocenters. The third kappa shape index (κ3) is 4.71. The first-order valence-corrected chi connectivity index (χ1v) is 11.6. The van der Waals surface area contributed by atoms with Crippen LogP contribution in [0, 0.1) is 23.7 Å². The highest BCUT2D eigenvalue weighted by molar-refractivity contribution is 5.83. The van der Waals surface area contributed by atoms with Crippen LogP contribution in [0.1, 0.15) is 70.8 Å². The molecular formula is C23H32N6O3. The molecule has 4 N–H and O–H groups in total. The van der Waals surface area contributed by atoms with Gasteiger partial charge in [0.1, 0.15) is 11.7 Å². The summed E-state index contributed by atoms with van der Waals surface area (Å²) in [7, 11) is 0. The maximum Gasteiger partial charge on any atom is 0.251 e. The smallest absolute Gasteiger partial charge is 0.251 e. The number of nitrogen functional groups attached to an aromatic ring is 1. The van der Waals surface area contributed by atoms with Gasteiger partial charge in [0.2, 0.25) is 5.82 Å². The van der Waals surface area contributed by atoms with Crippen molar-refractivity contribution in [3.63, 3.8) is 0 Å². The minimum Gasteiger partial charge on any atom is -0.390 e. The summed E-state index contributed by atoms with van der Waals surface area (Å²) in [5.74, 6) is 8.07. The number of aromatic nitrogens is 4. The Morgan fingerprint density at radius 3 is 2.75 bits per heavy atom. The predicted molar refractivity (Wildman–Crippen MR) is 120 cm³/mol. The van der Waals surface area contributed by atoms with Crippen LogP contribution in [-0.4, -0.2) is 49.3 Å². The molecule has 3 heterocycles. The third-order valence-corrected chi connectivity index (χ3v) is 6.60. The summed E-state index contributed by atoms with van der Waals surface area (Å²) in [6.07, 6.45) is 6.54. The highest BCUT2D eigenvalue weighted by atomic mass is 16.5. The summed E-state index contributed by atoms with van der Waals surface area (Å²) in [5, 5.41) is 13.0. The molecule has 1 saturated carbocycles. The van der Waals surface area contributed by atoms with Gasteiger partial charge in [-0.25, -0.2) is 15.0 Å². The van der Waals surface area contributed by atoms with E-state index in [1.165, 1.54) is 32.1 Å². The van der Waals surface area contributed by atoms with Crippen LogP contribution in [0.3, 0.4) is 0 Å². The number of carbonyl (C=O) groups is 1. The molecule has 2 fully saturated rings. The average Bonchev–Trinajstić information content (AvgIpc) is 3.38. The normalized spacial score (nSPS) is 27.8. The van der Waals surface area contributed by atoms with Crippen molar-refractivity contribution in [2.75, 3.05) is 12.3 Å². The number of rotatable bonds is 5. The topological polar surface area (TPSA) is 128 Å². The van der Waals surface area contributed by atoms with E-state index in [4.69, 9.17) is 10.5 Å². The number of anilines is 1. The van der Waals surface area contributed by atoms with Crippen LogP contribution in [-0.2, 0) is 9.53 Å². The Kier molecular flexibility index (Phi) is 6.92. The fourth-order valence-electron chi connectivity index (χ4n) is 4.66. The molecule has 2 aromatic rings. The summed E-state index contributed by atoms with van der Waals surface area (Å²) in [6.45, 7) is 4.55. The Hall–Kier alpha value is -2.70. The van der Waals surface area contributed by atoms with Crippen molar-refractivity contribution >= 4 is 22.9 Å². The molecule has 9 heteroatoms. The fraction of sp³-hybridized carbons (Fsp3) is 0.652. The minimum atomic E-state index is -0.932. The number of fused-ring (bicyclic) bond motifs is 1. The lowest BCUT2D eigenvalue weighted by molar-refractivity contribution is -0.137. The van der Waals surface area contributed by atoms with Crippen molar-refractivity contribution in [1.82, 2.24) is 24.8 Å². The summed E-state index contributed by atoms with van der Waals surface area (Å²) in [5.41, 5.74) is 7.04. The Labute approximate surface area is 188 Å².